The second kappa shape index (κ2) is 8.56. The van der Waals surface area contributed by atoms with Crippen molar-refractivity contribution in [1.29, 1.82) is 0 Å². The quantitative estimate of drug-likeness (QED) is 0.334. The van der Waals surface area contributed by atoms with Crippen LogP contribution in [0.2, 0.25) is 5.02 Å². The molecule has 12 heteroatoms. The van der Waals surface area contributed by atoms with Crippen molar-refractivity contribution in [3.05, 3.63) is 57.3 Å². The van der Waals surface area contributed by atoms with E-state index >= 15 is 0 Å². The van der Waals surface area contributed by atoms with Gasteiger partial charge in [0.25, 0.3) is 5.56 Å². The molecule has 3 rings (SSSR count). The summed E-state index contributed by atoms with van der Waals surface area (Å²) in [6.07, 6.45) is -2.46. The number of halogens is 4. The van der Waals surface area contributed by atoms with Crippen LogP contribution in [-0.2, 0) is 17.5 Å². The molecule has 3 aromatic rings. The number of rotatable bonds is 6. The first-order valence-electron chi connectivity index (χ1n) is 7.95. The predicted octanol–water partition coefficient (Wildman–Crippen LogP) is 4.44. The fraction of sp³-hybridized carbons (Fsp3) is 0.176. The van der Waals surface area contributed by atoms with Gasteiger partial charge >= 0.3 is 6.18 Å². The highest BCUT2D eigenvalue weighted by Gasteiger charge is 2.31. The highest BCUT2D eigenvalue weighted by Crippen LogP contribution is 2.32. The zero-order valence-corrected chi connectivity index (χ0v) is 16.9. The van der Waals surface area contributed by atoms with Crippen molar-refractivity contribution in [2.45, 2.75) is 17.9 Å². The number of thioether (sulfide) groups is 1. The molecule has 3 aromatic heterocycles. The molecule has 0 bridgehead atoms. The van der Waals surface area contributed by atoms with Crippen molar-refractivity contribution in [3.8, 4) is 0 Å². The minimum Gasteiger partial charge on any atom is -0.309 e. The van der Waals surface area contributed by atoms with Gasteiger partial charge in [0.15, 0.2) is 11.0 Å². The van der Waals surface area contributed by atoms with Gasteiger partial charge in [-0.05, 0) is 17.5 Å². The monoisotopic (exact) mass is 460 g/mol. The third-order valence-electron chi connectivity index (χ3n) is 3.62. The lowest BCUT2D eigenvalue weighted by Gasteiger charge is -2.11. The number of anilines is 1. The third kappa shape index (κ3) is 4.80. The Hall–Kier alpha value is -2.37. The van der Waals surface area contributed by atoms with Gasteiger partial charge in [-0.1, -0.05) is 29.4 Å². The summed E-state index contributed by atoms with van der Waals surface area (Å²) in [7, 11) is 0. The molecular formula is C17H12ClF3N4O2S2. The first kappa shape index (κ1) is 21.3. The lowest BCUT2D eigenvalue weighted by molar-refractivity contribution is -0.137. The molecule has 0 radical (unpaired) electrons. The van der Waals surface area contributed by atoms with E-state index in [4.69, 9.17) is 11.6 Å². The van der Waals surface area contributed by atoms with Crippen LogP contribution in [0.5, 0.6) is 0 Å². The molecule has 0 atom stereocenters. The smallest absolute Gasteiger partial charge is 0.309 e. The van der Waals surface area contributed by atoms with Crippen LogP contribution in [0.15, 0.2) is 46.3 Å². The lowest BCUT2D eigenvalue weighted by Crippen LogP contribution is -2.23. The summed E-state index contributed by atoms with van der Waals surface area (Å²) in [6.45, 7) is 3.83. The minimum atomic E-state index is -4.59. The van der Waals surface area contributed by atoms with Gasteiger partial charge in [0.05, 0.1) is 21.7 Å². The molecule has 0 aliphatic rings. The van der Waals surface area contributed by atoms with Crippen LogP contribution in [0, 0.1) is 0 Å². The maximum atomic E-state index is 12.7. The molecule has 0 unspecified atom stereocenters. The van der Waals surface area contributed by atoms with Gasteiger partial charge in [-0.25, -0.2) is 9.97 Å². The lowest BCUT2D eigenvalue weighted by atomic mass is 10.3. The molecule has 0 aliphatic heterocycles. The summed E-state index contributed by atoms with van der Waals surface area (Å²) >= 11 is 8.09. The first-order valence-corrected chi connectivity index (χ1v) is 10.2. The van der Waals surface area contributed by atoms with E-state index in [0.29, 0.717) is 27.6 Å². The normalized spacial score (nSPS) is 11.6. The number of thiophene rings is 1. The Bertz CT molecular complexity index is 1140. The molecule has 0 fully saturated rings. The molecule has 1 amide bonds. The number of fused-ring (bicyclic) bond motifs is 1. The maximum Gasteiger partial charge on any atom is 0.417 e. The minimum absolute atomic E-state index is 0.153. The highest BCUT2D eigenvalue weighted by atomic mass is 35.5. The average molecular weight is 461 g/mol. The summed E-state index contributed by atoms with van der Waals surface area (Å²) in [5.74, 6) is -0.898. The van der Waals surface area contributed by atoms with Gasteiger partial charge in [0.2, 0.25) is 5.91 Å². The van der Waals surface area contributed by atoms with Gasteiger partial charge in [-0.15, -0.1) is 17.9 Å². The Labute approximate surface area is 175 Å². The molecular weight excluding hydrogens is 449 g/mol. The van der Waals surface area contributed by atoms with E-state index in [1.54, 1.807) is 11.4 Å². The number of nitrogens with zero attached hydrogens (tertiary/aromatic N) is 3. The Kier molecular flexibility index (Phi) is 6.30. The Morgan fingerprint density at radius 1 is 1.45 bits per heavy atom. The topological polar surface area (TPSA) is 76.9 Å². The number of hydrogen-bond donors (Lipinski definition) is 1. The number of carbonyl (C=O) groups excluding carboxylic acids is 1. The van der Waals surface area contributed by atoms with Gasteiger partial charge in [0.1, 0.15) is 4.83 Å². The fourth-order valence-corrected chi connectivity index (χ4v) is 4.14. The fourth-order valence-electron chi connectivity index (χ4n) is 2.31. The van der Waals surface area contributed by atoms with Gasteiger partial charge in [-0.2, -0.15) is 13.2 Å². The van der Waals surface area contributed by atoms with Crippen LogP contribution in [0.4, 0.5) is 19.0 Å². The van der Waals surface area contributed by atoms with Crippen LogP contribution in [0.3, 0.4) is 0 Å². The van der Waals surface area contributed by atoms with E-state index in [2.05, 4.69) is 21.9 Å². The summed E-state index contributed by atoms with van der Waals surface area (Å²) in [6, 6.07) is 2.36. The Morgan fingerprint density at radius 3 is 2.86 bits per heavy atom. The van der Waals surface area contributed by atoms with Crippen LogP contribution in [0.1, 0.15) is 5.56 Å². The molecule has 0 spiro atoms. The number of carbonyl (C=O) groups is 1. The summed E-state index contributed by atoms with van der Waals surface area (Å²) < 4.78 is 39.4. The molecule has 152 valence electrons. The van der Waals surface area contributed by atoms with Crippen LogP contribution < -0.4 is 10.9 Å². The van der Waals surface area contributed by atoms with E-state index in [0.717, 1.165) is 11.8 Å². The maximum absolute atomic E-state index is 12.7. The van der Waals surface area contributed by atoms with Gasteiger partial charge in [0, 0.05) is 12.7 Å². The van der Waals surface area contributed by atoms with E-state index < -0.39 is 17.6 Å². The third-order valence-corrected chi connectivity index (χ3v) is 5.69. The Morgan fingerprint density at radius 2 is 2.21 bits per heavy atom. The molecule has 29 heavy (non-hydrogen) atoms. The molecule has 1 N–H and O–H groups in total. The van der Waals surface area contributed by atoms with Crippen LogP contribution in [0.25, 0.3) is 10.2 Å². The van der Waals surface area contributed by atoms with Crippen molar-refractivity contribution in [2.75, 3.05) is 11.1 Å². The Balaban J connectivity index is 1.75. The largest absolute Gasteiger partial charge is 0.417 e. The molecule has 0 saturated heterocycles. The molecule has 0 aliphatic carbocycles. The first-order chi connectivity index (χ1) is 13.7. The zero-order valence-electron chi connectivity index (χ0n) is 14.5. The van der Waals surface area contributed by atoms with Crippen molar-refractivity contribution in [3.63, 3.8) is 0 Å². The number of amides is 1. The van der Waals surface area contributed by atoms with Crippen LogP contribution >= 0.6 is 34.7 Å². The number of allylic oxidation sites excluding steroid dienone is 1. The second-order valence-electron chi connectivity index (χ2n) is 5.63. The number of pyridine rings is 1. The predicted molar refractivity (Wildman–Crippen MR) is 108 cm³/mol. The molecule has 3 heterocycles. The molecule has 0 saturated carbocycles. The van der Waals surface area contributed by atoms with Crippen molar-refractivity contribution >= 4 is 56.6 Å². The second-order valence-corrected chi connectivity index (χ2v) is 7.87. The standard InChI is InChI=1S/C17H12ClF3N4O2S2/c1-2-4-25-15(27)10-3-5-28-14(10)24-16(25)29-8-12(26)23-13-11(18)6-9(7-22-13)17(19,20)21/h2-3,5-7H,1,4,8H2,(H,22,23,26). The molecule has 0 aromatic carbocycles. The van der Waals surface area contributed by atoms with E-state index in [1.165, 1.54) is 22.0 Å². The van der Waals surface area contributed by atoms with Crippen molar-refractivity contribution in [2.24, 2.45) is 0 Å². The summed E-state index contributed by atoms with van der Waals surface area (Å²) in [5.41, 5.74) is -1.26. The van der Waals surface area contributed by atoms with Gasteiger partial charge < -0.3 is 5.32 Å². The number of hydrogen-bond acceptors (Lipinski definition) is 6. The number of alkyl halides is 3. The molecule has 6 nitrogen and oxygen atoms in total. The van der Waals surface area contributed by atoms with E-state index in [-0.39, 0.29) is 28.7 Å². The van der Waals surface area contributed by atoms with Crippen molar-refractivity contribution in [1.82, 2.24) is 14.5 Å². The van der Waals surface area contributed by atoms with E-state index in [1.807, 2.05) is 0 Å². The number of aromatic nitrogens is 3. The van der Waals surface area contributed by atoms with Crippen molar-refractivity contribution < 1.29 is 18.0 Å². The SMILES string of the molecule is C=CCn1c(SCC(=O)Nc2ncc(C(F)(F)F)cc2Cl)nc2sccc2c1=O. The zero-order chi connectivity index (χ0) is 21.2. The number of nitrogens with one attached hydrogen (secondary N) is 1. The van der Waals surface area contributed by atoms with Gasteiger partial charge in [-0.3, -0.25) is 14.2 Å². The van der Waals surface area contributed by atoms with Crippen LogP contribution in [-0.4, -0.2) is 26.2 Å². The van der Waals surface area contributed by atoms with E-state index in [9.17, 15) is 22.8 Å². The summed E-state index contributed by atoms with van der Waals surface area (Å²) in [4.78, 5) is 33.3. The average Bonchev–Trinajstić information content (AvgIpc) is 3.12. The summed E-state index contributed by atoms with van der Waals surface area (Å²) in [5, 5.41) is 4.57. The highest BCUT2D eigenvalue weighted by molar-refractivity contribution is 7.99.